The van der Waals surface area contributed by atoms with Crippen LogP contribution in [0.5, 0.6) is 5.75 Å². The Balaban J connectivity index is 1.91. The number of rotatable bonds is 4. The van der Waals surface area contributed by atoms with Crippen molar-refractivity contribution in [3.8, 4) is 5.75 Å². The lowest BCUT2D eigenvalue weighted by atomic mass is 10.2. The number of benzene rings is 1. The summed E-state index contributed by atoms with van der Waals surface area (Å²) < 4.78 is 11.8. The van der Waals surface area contributed by atoms with Crippen molar-refractivity contribution in [1.82, 2.24) is 5.32 Å². The maximum absolute atomic E-state index is 11.8. The van der Waals surface area contributed by atoms with Gasteiger partial charge in [-0.05, 0) is 61.7 Å². The number of halogens is 2. The lowest BCUT2D eigenvalue weighted by Gasteiger charge is -2.23. The molecule has 1 aromatic carbocycles. The first-order valence-corrected chi connectivity index (χ1v) is 7.96. The summed E-state index contributed by atoms with van der Waals surface area (Å²) in [6.07, 6.45) is 1.33. The second-order valence-electron chi connectivity index (χ2n) is 6.25. The summed E-state index contributed by atoms with van der Waals surface area (Å²) in [4.78, 5) is 11.8. The third-order valence-electron chi connectivity index (χ3n) is 3.04. The molecule has 116 valence electrons. The standard InChI is InChI=1S/C15H19BrClNO3/c1-14(2,3)21-13(19)18-15(7-8-15)9-20-11-6-4-5-10(16)12(11)17/h4-6H,7-9H2,1-3H3,(H,18,19). The van der Waals surface area contributed by atoms with E-state index in [2.05, 4.69) is 21.2 Å². The van der Waals surface area contributed by atoms with Gasteiger partial charge in [-0.3, -0.25) is 0 Å². The Kier molecular flexibility index (Phi) is 4.73. The number of carbonyl (C=O) groups is 1. The molecule has 0 heterocycles. The largest absolute Gasteiger partial charge is 0.490 e. The molecular weight excluding hydrogens is 358 g/mol. The summed E-state index contributed by atoms with van der Waals surface area (Å²) in [5.41, 5.74) is -0.845. The number of nitrogens with one attached hydrogen (secondary N) is 1. The molecule has 1 aliphatic rings. The Morgan fingerprint density at radius 3 is 2.67 bits per heavy atom. The summed E-state index contributed by atoms with van der Waals surface area (Å²) >= 11 is 9.51. The molecule has 0 radical (unpaired) electrons. The molecule has 1 amide bonds. The van der Waals surface area contributed by atoms with E-state index < -0.39 is 11.7 Å². The number of amides is 1. The molecule has 1 saturated carbocycles. The van der Waals surface area contributed by atoms with Crippen LogP contribution in [0.15, 0.2) is 22.7 Å². The number of hydrogen-bond acceptors (Lipinski definition) is 3. The van der Waals surface area contributed by atoms with Crippen molar-refractivity contribution in [3.05, 3.63) is 27.7 Å². The third-order valence-corrected chi connectivity index (χ3v) is 4.32. The van der Waals surface area contributed by atoms with Gasteiger partial charge in [-0.1, -0.05) is 17.7 Å². The maximum Gasteiger partial charge on any atom is 0.408 e. The fraction of sp³-hybridized carbons (Fsp3) is 0.533. The monoisotopic (exact) mass is 375 g/mol. The minimum Gasteiger partial charge on any atom is -0.490 e. The SMILES string of the molecule is CC(C)(C)OC(=O)NC1(COc2cccc(Br)c2Cl)CC1. The van der Waals surface area contributed by atoms with Gasteiger partial charge in [0.2, 0.25) is 0 Å². The Morgan fingerprint density at radius 1 is 1.43 bits per heavy atom. The molecule has 0 bridgehead atoms. The zero-order valence-corrected chi connectivity index (χ0v) is 14.7. The molecule has 0 aromatic heterocycles. The molecule has 4 nitrogen and oxygen atoms in total. The second kappa shape index (κ2) is 6.05. The van der Waals surface area contributed by atoms with E-state index in [0.29, 0.717) is 17.4 Å². The molecule has 0 saturated heterocycles. The van der Waals surface area contributed by atoms with Crippen LogP contribution in [0.4, 0.5) is 4.79 Å². The van der Waals surface area contributed by atoms with E-state index in [1.54, 1.807) is 6.07 Å². The van der Waals surface area contributed by atoms with Crippen LogP contribution in [0, 0.1) is 0 Å². The average molecular weight is 377 g/mol. The van der Waals surface area contributed by atoms with Crippen molar-refractivity contribution in [3.63, 3.8) is 0 Å². The van der Waals surface area contributed by atoms with E-state index in [1.165, 1.54) is 0 Å². The molecule has 0 unspecified atom stereocenters. The topological polar surface area (TPSA) is 47.6 Å². The van der Waals surface area contributed by atoms with Crippen molar-refractivity contribution in [2.45, 2.75) is 44.8 Å². The van der Waals surface area contributed by atoms with Gasteiger partial charge in [-0.25, -0.2) is 4.79 Å². The smallest absolute Gasteiger partial charge is 0.408 e. The van der Waals surface area contributed by atoms with E-state index >= 15 is 0 Å². The minimum atomic E-state index is -0.505. The highest BCUT2D eigenvalue weighted by Crippen LogP contribution is 2.38. The van der Waals surface area contributed by atoms with E-state index in [-0.39, 0.29) is 5.54 Å². The van der Waals surface area contributed by atoms with Gasteiger partial charge in [-0.15, -0.1) is 0 Å². The summed E-state index contributed by atoms with van der Waals surface area (Å²) in [6.45, 7) is 5.89. The third kappa shape index (κ3) is 4.78. The molecule has 1 aromatic rings. The fourth-order valence-corrected chi connectivity index (χ4v) is 2.32. The van der Waals surface area contributed by atoms with Crippen LogP contribution < -0.4 is 10.1 Å². The zero-order chi connectivity index (χ0) is 15.7. The normalized spacial score (nSPS) is 16.2. The van der Waals surface area contributed by atoms with Gasteiger partial charge in [0, 0.05) is 4.47 Å². The Bertz CT molecular complexity index is 538. The maximum atomic E-state index is 11.8. The average Bonchev–Trinajstić information content (AvgIpc) is 3.09. The van der Waals surface area contributed by atoms with Crippen molar-refractivity contribution in [2.75, 3.05) is 6.61 Å². The summed E-state index contributed by atoms with van der Waals surface area (Å²) in [7, 11) is 0. The van der Waals surface area contributed by atoms with Crippen molar-refractivity contribution in [1.29, 1.82) is 0 Å². The highest BCUT2D eigenvalue weighted by atomic mass is 79.9. The molecule has 0 spiro atoms. The Labute approximate surface area is 138 Å². The number of ether oxygens (including phenoxy) is 2. The van der Waals surface area contributed by atoms with Gasteiger partial charge in [0.15, 0.2) is 0 Å². The van der Waals surface area contributed by atoms with Gasteiger partial charge in [0.1, 0.15) is 18.0 Å². The highest BCUT2D eigenvalue weighted by molar-refractivity contribution is 9.10. The van der Waals surface area contributed by atoms with Gasteiger partial charge in [-0.2, -0.15) is 0 Å². The number of carbonyl (C=O) groups excluding carboxylic acids is 1. The first kappa shape index (κ1) is 16.4. The summed E-state index contributed by atoms with van der Waals surface area (Å²) in [6, 6.07) is 5.50. The number of alkyl carbamates (subject to hydrolysis) is 1. The van der Waals surface area contributed by atoms with Crippen LogP contribution in [0.2, 0.25) is 5.02 Å². The van der Waals surface area contributed by atoms with Gasteiger partial charge in [0.05, 0.1) is 10.6 Å². The predicted molar refractivity (Wildman–Crippen MR) is 86.0 cm³/mol. The molecule has 0 aliphatic heterocycles. The van der Waals surface area contributed by atoms with Crippen LogP contribution in [0.3, 0.4) is 0 Å². The fourth-order valence-electron chi connectivity index (χ4n) is 1.79. The molecule has 0 atom stereocenters. The van der Waals surface area contributed by atoms with Crippen LogP contribution in [0.25, 0.3) is 0 Å². The van der Waals surface area contributed by atoms with E-state index in [9.17, 15) is 4.79 Å². The lowest BCUT2D eigenvalue weighted by Crippen LogP contribution is -2.44. The summed E-state index contributed by atoms with van der Waals surface area (Å²) in [5.74, 6) is 0.600. The molecule has 21 heavy (non-hydrogen) atoms. The van der Waals surface area contributed by atoms with Crippen LogP contribution in [-0.4, -0.2) is 23.8 Å². The summed E-state index contributed by atoms with van der Waals surface area (Å²) in [5, 5.41) is 3.42. The minimum absolute atomic E-state index is 0.339. The molecule has 2 rings (SSSR count). The zero-order valence-electron chi connectivity index (χ0n) is 12.3. The van der Waals surface area contributed by atoms with Crippen LogP contribution in [0.1, 0.15) is 33.6 Å². The molecule has 1 fully saturated rings. The van der Waals surface area contributed by atoms with Gasteiger partial charge in [0.25, 0.3) is 0 Å². The van der Waals surface area contributed by atoms with Crippen molar-refractivity contribution >= 4 is 33.6 Å². The molecular formula is C15H19BrClNO3. The lowest BCUT2D eigenvalue weighted by molar-refractivity contribution is 0.0477. The second-order valence-corrected chi connectivity index (χ2v) is 7.48. The first-order valence-electron chi connectivity index (χ1n) is 6.79. The molecule has 1 aliphatic carbocycles. The van der Waals surface area contributed by atoms with E-state index in [0.717, 1.165) is 17.3 Å². The molecule has 6 heteroatoms. The quantitative estimate of drug-likeness (QED) is 0.839. The Morgan fingerprint density at radius 2 is 2.10 bits per heavy atom. The predicted octanol–water partition coefficient (Wildman–Crippen LogP) is 4.54. The Hall–Kier alpha value is -0.940. The highest BCUT2D eigenvalue weighted by Gasteiger charge is 2.46. The van der Waals surface area contributed by atoms with E-state index in [4.69, 9.17) is 21.1 Å². The van der Waals surface area contributed by atoms with Crippen LogP contribution >= 0.6 is 27.5 Å². The van der Waals surface area contributed by atoms with E-state index in [1.807, 2.05) is 32.9 Å². The van der Waals surface area contributed by atoms with Gasteiger partial charge < -0.3 is 14.8 Å². The first-order chi connectivity index (χ1) is 9.71. The molecule has 1 N–H and O–H groups in total. The van der Waals surface area contributed by atoms with Crippen molar-refractivity contribution < 1.29 is 14.3 Å². The van der Waals surface area contributed by atoms with Crippen LogP contribution in [-0.2, 0) is 4.74 Å². The van der Waals surface area contributed by atoms with Gasteiger partial charge >= 0.3 is 6.09 Å². The van der Waals surface area contributed by atoms with Crippen molar-refractivity contribution in [2.24, 2.45) is 0 Å². The number of hydrogen-bond donors (Lipinski definition) is 1.